The number of azo groups is 1. The number of nitrogens with one attached hydrogen (secondary N) is 2. The van der Waals surface area contributed by atoms with Crippen LogP contribution in [0.3, 0.4) is 0 Å². The van der Waals surface area contributed by atoms with Crippen molar-refractivity contribution < 1.29 is 5.11 Å². The highest BCUT2D eigenvalue weighted by Crippen LogP contribution is 2.20. The van der Waals surface area contributed by atoms with Crippen LogP contribution in [0.4, 0.5) is 17.3 Å². The molecule has 0 fully saturated rings. The Morgan fingerprint density at radius 2 is 1.96 bits per heavy atom. The van der Waals surface area contributed by atoms with Crippen molar-refractivity contribution >= 4 is 29.6 Å². The van der Waals surface area contributed by atoms with Crippen molar-refractivity contribution in [3.05, 3.63) is 64.7 Å². The average Bonchev–Trinajstić information content (AvgIpc) is 3.15. The molecule has 0 saturated carbocycles. The van der Waals surface area contributed by atoms with Gasteiger partial charge < -0.3 is 15.4 Å². The number of aromatic hydroxyl groups is 1. The molecule has 112 valence electrons. The third-order valence-corrected chi connectivity index (χ3v) is 3.48. The lowest BCUT2D eigenvalue weighted by Gasteiger charge is -2.00. The van der Waals surface area contributed by atoms with Crippen molar-refractivity contribution in [3.63, 3.8) is 0 Å². The van der Waals surface area contributed by atoms with Crippen molar-refractivity contribution in [1.29, 1.82) is 0 Å². The monoisotopic (exact) mass is 303 g/mol. The summed E-state index contributed by atoms with van der Waals surface area (Å²) in [6.45, 7) is 0. The molecule has 0 aliphatic carbocycles. The SMILES string of the molecule is Oc1nc(Nc2ccccc2)[nH]c1/C=c1\ccc2c(c1)N=NC=2. The van der Waals surface area contributed by atoms with Crippen LogP contribution in [0, 0.1) is 0 Å². The predicted octanol–water partition coefficient (Wildman–Crippen LogP) is 2.52. The largest absolute Gasteiger partial charge is 0.492 e. The number of rotatable bonds is 3. The fourth-order valence-corrected chi connectivity index (χ4v) is 2.36. The molecule has 23 heavy (non-hydrogen) atoms. The van der Waals surface area contributed by atoms with Crippen LogP contribution >= 0.6 is 0 Å². The maximum absolute atomic E-state index is 10.0. The highest BCUT2D eigenvalue weighted by Gasteiger charge is 2.07. The number of benzene rings is 2. The smallest absolute Gasteiger partial charge is 0.238 e. The molecular formula is C17H13N5O. The van der Waals surface area contributed by atoms with E-state index in [1.54, 1.807) is 6.20 Å². The number of H-pyrrole nitrogens is 1. The van der Waals surface area contributed by atoms with Gasteiger partial charge in [0.1, 0.15) is 5.69 Å². The number of anilines is 2. The molecule has 3 aromatic rings. The number of nitrogens with zero attached hydrogens (tertiary/aromatic N) is 3. The van der Waals surface area contributed by atoms with Crippen molar-refractivity contribution in [2.45, 2.75) is 0 Å². The van der Waals surface area contributed by atoms with E-state index < -0.39 is 0 Å². The first-order valence-electron chi connectivity index (χ1n) is 7.12. The molecule has 1 aromatic heterocycles. The highest BCUT2D eigenvalue weighted by molar-refractivity contribution is 5.60. The van der Waals surface area contributed by atoms with Crippen molar-refractivity contribution in [2.75, 3.05) is 5.32 Å². The van der Waals surface area contributed by atoms with Gasteiger partial charge >= 0.3 is 0 Å². The fraction of sp³-hybridized carbons (Fsp3) is 0. The zero-order chi connectivity index (χ0) is 15.6. The van der Waals surface area contributed by atoms with E-state index in [0.29, 0.717) is 11.6 Å². The number of fused-ring (bicyclic) bond motifs is 1. The van der Waals surface area contributed by atoms with Gasteiger partial charge in [0.25, 0.3) is 0 Å². The van der Waals surface area contributed by atoms with Gasteiger partial charge in [-0.2, -0.15) is 15.2 Å². The second-order valence-electron chi connectivity index (χ2n) is 5.12. The van der Waals surface area contributed by atoms with Crippen LogP contribution in [0.5, 0.6) is 5.88 Å². The molecule has 1 aliphatic heterocycles. The van der Waals surface area contributed by atoms with E-state index in [9.17, 15) is 5.11 Å². The first-order chi connectivity index (χ1) is 11.3. The second kappa shape index (κ2) is 5.42. The molecule has 3 N–H and O–H groups in total. The summed E-state index contributed by atoms with van der Waals surface area (Å²) in [5, 5.41) is 22.9. The Morgan fingerprint density at radius 1 is 1.09 bits per heavy atom. The minimum atomic E-state index is -0.0582. The van der Waals surface area contributed by atoms with Gasteiger partial charge in [-0.15, -0.1) is 0 Å². The number of aromatic nitrogens is 2. The Hall–Kier alpha value is -3.41. The van der Waals surface area contributed by atoms with Gasteiger partial charge in [-0.05, 0) is 29.5 Å². The van der Waals surface area contributed by atoms with Crippen LogP contribution in [0.1, 0.15) is 5.69 Å². The minimum absolute atomic E-state index is 0.0582. The molecule has 2 heterocycles. The zero-order valence-corrected chi connectivity index (χ0v) is 12.1. The lowest BCUT2D eigenvalue weighted by atomic mass is 10.2. The van der Waals surface area contributed by atoms with Crippen molar-refractivity contribution in [3.8, 4) is 5.88 Å². The molecule has 1 aliphatic rings. The Balaban J connectivity index is 1.66. The van der Waals surface area contributed by atoms with Crippen molar-refractivity contribution in [2.24, 2.45) is 10.2 Å². The summed E-state index contributed by atoms with van der Waals surface area (Å²) in [5.41, 5.74) is 2.24. The van der Waals surface area contributed by atoms with Crippen LogP contribution in [0.15, 0.2) is 58.8 Å². The van der Waals surface area contributed by atoms with E-state index in [0.717, 1.165) is 21.8 Å². The first-order valence-corrected chi connectivity index (χ1v) is 7.12. The van der Waals surface area contributed by atoms with Crippen molar-refractivity contribution in [1.82, 2.24) is 9.97 Å². The molecule has 0 bridgehead atoms. The molecule has 6 heteroatoms. The van der Waals surface area contributed by atoms with E-state index >= 15 is 0 Å². The molecule has 0 amide bonds. The summed E-state index contributed by atoms with van der Waals surface area (Å²) in [6.07, 6.45) is 3.53. The lowest BCUT2D eigenvalue weighted by Crippen LogP contribution is -2.06. The third kappa shape index (κ3) is 2.69. The van der Waals surface area contributed by atoms with Gasteiger partial charge in [0.2, 0.25) is 11.8 Å². The van der Waals surface area contributed by atoms with E-state index in [1.807, 2.05) is 54.6 Å². The maximum Gasteiger partial charge on any atom is 0.238 e. The summed E-state index contributed by atoms with van der Waals surface area (Å²) in [4.78, 5) is 7.14. The lowest BCUT2D eigenvalue weighted by molar-refractivity contribution is 0.455. The number of para-hydroxylation sites is 1. The van der Waals surface area contributed by atoms with Crippen LogP contribution in [-0.2, 0) is 0 Å². The van der Waals surface area contributed by atoms with Gasteiger partial charge in [-0.25, -0.2) is 0 Å². The molecule has 0 unspecified atom stereocenters. The second-order valence-corrected chi connectivity index (χ2v) is 5.12. The molecular weight excluding hydrogens is 290 g/mol. The molecule has 0 radical (unpaired) electrons. The number of aromatic amines is 1. The maximum atomic E-state index is 10.0. The van der Waals surface area contributed by atoms with Gasteiger partial charge in [0.15, 0.2) is 0 Å². The Morgan fingerprint density at radius 3 is 2.83 bits per heavy atom. The first kappa shape index (κ1) is 13.3. The minimum Gasteiger partial charge on any atom is -0.492 e. The molecule has 4 rings (SSSR count). The van der Waals surface area contributed by atoms with E-state index in [-0.39, 0.29) is 5.88 Å². The summed E-state index contributed by atoms with van der Waals surface area (Å²) in [6, 6.07) is 15.4. The summed E-state index contributed by atoms with van der Waals surface area (Å²) < 4.78 is 0. The van der Waals surface area contributed by atoms with Gasteiger partial charge in [0, 0.05) is 10.9 Å². The quantitative estimate of drug-likeness (QED) is 0.695. The van der Waals surface area contributed by atoms with Crippen LogP contribution in [0.25, 0.3) is 12.3 Å². The normalized spacial score (nSPS) is 13.0. The van der Waals surface area contributed by atoms with Crippen LogP contribution < -0.4 is 15.8 Å². The Kier molecular flexibility index (Phi) is 3.12. The van der Waals surface area contributed by atoms with Crippen LogP contribution in [-0.4, -0.2) is 15.1 Å². The summed E-state index contributed by atoms with van der Waals surface area (Å²) in [5.74, 6) is 0.422. The predicted molar refractivity (Wildman–Crippen MR) is 88.2 cm³/mol. The number of hydrogen-bond acceptors (Lipinski definition) is 5. The van der Waals surface area contributed by atoms with Gasteiger partial charge in [-0.1, -0.05) is 30.3 Å². The molecule has 0 atom stereocenters. The Labute approximate surface area is 131 Å². The topological polar surface area (TPSA) is 85.7 Å². The number of imidazole rings is 1. The fourth-order valence-electron chi connectivity index (χ4n) is 2.36. The van der Waals surface area contributed by atoms with E-state index in [4.69, 9.17) is 0 Å². The van der Waals surface area contributed by atoms with Crippen LogP contribution in [0.2, 0.25) is 0 Å². The van der Waals surface area contributed by atoms with Gasteiger partial charge in [-0.3, -0.25) is 0 Å². The van der Waals surface area contributed by atoms with E-state index in [1.165, 1.54) is 0 Å². The molecule has 0 spiro atoms. The van der Waals surface area contributed by atoms with E-state index in [2.05, 4.69) is 25.5 Å². The van der Waals surface area contributed by atoms with Gasteiger partial charge in [0.05, 0.1) is 11.9 Å². The summed E-state index contributed by atoms with van der Waals surface area (Å²) in [7, 11) is 0. The Bertz CT molecular complexity index is 1010. The average molecular weight is 303 g/mol. The summed E-state index contributed by atoms with van der Waals surface area (Å²) >= 11 is 0. The molecule has 0 saturated heterocycles. The number of hydrogen-bond donors (Lipinski definition) is 3. The molecule has 6 nitrogen and oxygen atoms in total. The molecule has 2 aromatic carbocycles. The standard InChI is InChI=1S/C17H13N5O/c23-16-15(9-11-6-7-12-10-18-22-14(12)8-11)20-17(21-16)19-13-4-2-1-3-5-13/h1-10,23H,(H2,19,20,21)/b11-9+. The third-order valence-electron chi connectivity index (χ3n) is 3.48. The highest BCUT2D eigenvalue weighted by atomic mass is 16.3. The zero-order valence-electron chi connectivity index (χ0n) is 12.1.